The second kappa shape index (κ2) is 6.86. The van der Waals surface area contributed by atoms with E-state index in [-0.39, 0.29) is 23.9 Å². The average molecular weight is 253 g/mol. The Morgan fingerprint density at radius 2 is 1.78 bits per heavy atom. The molecule has 2 nitrogen and oxygen atoms in total. The molecule has 0 saturated heterocycles. The molecule has 0 amide bonds. The molecule has 1 atom stereocenters. The average Bonchev–Trinajstić information content (AvgIpc) is 2.41. The van der Waals surface area contributed by atoms with Gasteiger partial charge in [0.25, 0.3) is 0 Å². The van der Waals surface area contributed by atoms with Crippen LogP contribution in [0.25, 0.3) is 0 Å². The van der Waals surface area contributed by atoms with Crippen LogP contribution in [0.5, 0.6) is 0 Å². The zero-order valence-corrected chi connectivity index (χ0v) is 11.5. The Kier molecular flexibility index (Phi) is 5.76. The Morgan fingerprint density at radius 1 is 1.22 bits per heavy atom. The molecule has 1 rings (SSSR count). The van der Waals surface area contributed by atoms with E-state index < -0.39 is 0 Å². The molecule has 1 aromatic rings. The first-order chi connectivity index (χ1) is 8.56. The minimum Gasteiger partial charge on any atom is -0.396 e. The third-order valence-electron chi connectivity index (χ3n) is 3.99. The summed E-state index contributed by atoms with van der Waals surface area (Å²) in [6.45, 7) is 7.23. The summed E-state index contributed by atoms with van der Waals surface area (Å²) in [4.78, 5) is 0. The molecule has 102 valence electrons. The van der Waals surface area contributed by atoms with Gasteiger partial charge in [0.2, 0.25) is 0 Å². The minimum absolute atomic E-state index is 0.0473. The third kappa shape index (κ3) is 3.79. The topological polar surface area (TPSA) is 32.3 Å². The van der Waals surface area contributed by atoms with Crippen LogP contribution in [0.15, 0.2) is 24.3 Å². The second-order valence-corrected chi connectivity index (χ2v) is 5.02. The minimum atomic E-state index is -0.210. The van der Waals surface area contributed by atoms with Crippen LogP contribution in [-0.2, 0) is 0 Å². The van der Waals surface area contributed by atoms with Gasteiger partial charge in [-0.05, 0) is 37.5 Å². The van der Waals surface area contributed by atoms with Crippen molar-refractivity contribution in [3.8, 4) is 0 Å². The van der Waals surface area contributed by atoms with Crippen LogP contribution < -0.4 is 5.32 Å². The van der Waals surface area contributed by atoms with E-state index in [1.807, 2.05) is 0 Å². The van der Waals surface area contributed by atoms with E-state index in [0.717, 1.165) is 24.9 Å². The summed E-state index contributed by atoms with van der Waals surface area (Å²) in [5, 5.41) is 12.9. The highest BCUT2D eigenvalue weighted by Gasteiger charge is 2.25. The first-order valence-electron chi connectivity index (χ1n) is 6.66. The second-order valence-electron chi connectivity index (χ2n) is 5.02. The van der Waals surface area contributed by atoms with Gasteiger partial charge >= 0.3 is 0 Å². The van der Waals surface area contributed by atoms with Crippen LogP contribution >= 0.6 is 0 Å². The van der Waals surface area contributed by atoms with E-state index >= 15 is 0 Å². The molecule has 0 bridgehead atoms. The lowest BCUT2D eigenvalue weighted by Gasteiger charge is -2.31. The number of halogens is 1. The molecule has 0 spiro atoms. The van der Waals surface area contributed by atoms with Gasteiger partial charge in [-0.25, -0.2) is 4.39 Å². The Hall–Kier alpha value is -0.930. The van der Waals surface area contributed by atoms with Gasteiger partial charge in [0.1, 0.15) is 5.82 Å². The van der Waals surface area contributed by atoms with Crippen molar-refractivity contribution in [2.75, 3.05) is 13.2 Å². The molecule has 0 aliphatic heterocycles. The van der Waals surface area contributed by atoms with Crippen molar-refractivity contribution in [2.45, 2.75) is 39.7 Å². The van der Waals surface area contributed by atoms with Crippen molar-refractivity contribution in [1.82, 2.24) is 5.32 Å². The SMILES string of the molecule is CCC(CC)(CO)CN[C@H](C)c1ccc(F)cc1. The molecule has 0 aromatic heterocycles. The van der Waals surface area contributed by atoms with Gasteiger partial charge in [-0.3, -0.25) is 0 Å². The maximum atomic E-state index is 12.8. The van der Waals surface area contributed by atoms with E-state index in [1.165, 1.54) is 12.1 Å². The predicted molar refractivity (Wildman–Crippen MR) is 72.9 cm³/mol. The van der Waals surface area contributed by atoms with Crippen molar-refractivity contribution < 1.29 is 9.50 Å². The van der Waals surface area contributed by atoms with E-state index in [0.29, 0.717) is 0 Å². The molecule has 3 heteroatoms. The summed E-state index contributed by atoms with van der Waals surface area (Å²) in [7, 11) is 0. The van der Waals surface area contributed by atoms with E-state index in [4.69, 9.17) is 0 Å². The smallest absolute Gasteiger partial charge is 0.123 e. The lowest BCUT2D eigenvalue weighted by molar-refractivity contribution is 0.110. The monoisotopic (exact) mass is 253 g/mol. The summed E-state index contributed by atoms with van der Waals surface area (Å²) in [5.74, 6) is -0.210. The molecule has 18 heavy (non-hydrogen) atoms. The Balaban J connectivity index is 2.59. The number of hydrogen-bond acceptors (Lipinski definition) is 2. The van der Waals surface area contributed by atoms with Crippen LogP contribution in [0.2, 0.25) is 0 Å². The molecule has 0 heterocycles. The van der Waals surface area contributed by atoms with Gasteiger partial charge in [-0.2, -0.15) is 0 Å². The van der Waals surface area contributed by atoms with Gasteiger partial charge in [0.15, 0.2) is 0 Å². The fourth-order valence-electron chi connectivity index (χ4n) is 2.02. The largest absolute Gasteiger partial charge is 0.396 e. The van der Waals surface area contributed by atoms with Crippen LogP contribution in [0.4, 0.5) is 4.39 Å². The lowest BCUT2D eigenvalue weighted by Crippen LogP contribution is -2.37. The van der Waals surface area contributed by atoms with Crippen LogP contribution in [0, 0.1) is 11.2 Å². The molecule has 0 unspecified atom stereocenters. The van der Waals surface area contributed by atoms with Gasteiger partial charge < -0.3 is 10.4 Å². The molecule has 0 aliphatic rings. The molecule has 2 N–H and O–H groups in total. The van der Waals surface area contributed by atoms with E-state index in [2.05, 4.69) is 26.1 Å². The highest BCUT2D eigenvalue weighted by atomic mass is 19.1. The fraction of sp³-hybridized carbons (Fsp3) is 0.600. The van der Waals surface area contributed by atoms with Gasteiger partial charge in [-0.1, -0.05) is 26.0 Å². The third-order valence-corrected chi connectivity index (χ3v) is 3.99. The predicted octanol–water partition coefficient (Wildman–Crippen LogP) is 3.28. The van der Waals surface area contributed by atoms with E-state index in [1.54, 1.807) is 12.1 Å². The molecule has 0 fully saturated rings. The number of benzene rings is 1. The Morgan fingerprint density at radius 3 is 2.22 bits per heavy atom. The summed E-state index contributed by atoms with van der Waals surface area (Å²) in [6, 6.07) is 6.71. The van der Waals surface area contributed by atoms with Gasteiger partial charge in [0.05, 0.1) is 0 Å². The molecule has 1 aromatic carbocycles. The zero-order chi connectivity index (χ0) is 13.6. The van der Waals surface area contributed by atoms with Crippen LogP contribution in [-0.4, -0.2) is 18.3 Å². The fourth-order valence-corrected chi connectivity index (χ4v) is 2.02. The summed E-state index contributed by atoms with van der Waals surface area (Å²) >= 11 is 0. The standard InChI is InChI=1S/C15H24FNO/c1-4-15(5-2,11-18)10-17-12(3)13-6-8-14(16)9-7-13/h6-9,12,17-18H,4-5,10-11H2,1-3H3/t12-/m1/s1. The molecule has 0 aliphatic carbocycles. The van der Waals surface area contributed by atoms with Crippen LogP contribution in [0.1, 0.15) is 45.2 Å². The summed E-state index contributed by atoms with van der Waals surface area (Å²) < 4.78 is 12.8. The first kappa shape index (κ1) is 15.1. The first-order valence-corrected chi connectivity index (χ1v) is 6.66. The number of rotatable bonds is 7. The number of nitrogens with one attached hydrogen (secondary N) is 1. The van der Waals surface area contributed by atoms with Gasteiger partial charge in [-0.15, -0.1) is 0 Å². The molecule has 0 saturated carbocycles. The van der Waals surface area contributed by atoms with Gasteiger partial charge in [0, 0.05) is 24.6 Å². The Labute approximate surface area is 109 Å². The quantitative estimate of drug-likeness (QED) is 0.781. The highest BCUT2D eigenvalue weighted by molar-refractivity contribution is 5.19. The normalized spacial score (nSPS) is 13.6. The molecular formula is C15H24FNO. The van der Waals surface area contributed by atoms with Crippen LogP contribution in [0.3, 0.4) is 0 Å². The van der Waals surface area contributed by atoms with Crippen molar-refractivity contribution in [3.63, 3.8) is 0 Å². The number of aliphatic hydroxyl groups excluding tert-OH is 1. The zero-order valence-electron chi connectivity index (χ0n) is 11.5. The summed E-state index contributed by atoms with van der Waals surface area (Å²) in [6.07, 6.45) is 1.90. The van der Waals surface area contributed by atoms with Crippen molar-refractivity contribution in [3.05, 3.63) is 35.6 Å². The summed E-state index contributed by atoms with van der Waals surface area (Å²) in [5.41, 5.74) is 1.02. The van der Waals surface area contributed by atoms with Crippen molar-refractivity contribution >= 4 is 0 Å². The van der Waals surface area contributed by atoms with Crippen molar-refractivity contribution in [2.24, 2.45) is 5.41 Å². The van der Waals surface area contributed by atoms with Crippen molar-refractivity contribution in [1.29, 1.82) is 0 Å². The molecular weight excluding hydrogens is 229 g/mol. The highest BCUT2D eigenvalue weighted by Crippen LogP contribution is 2.25. The maximum Gasteiger partial charge on any atom is 0.123 e. The lowest BCUT2D eigenvalue weighted by atomic mass is 9.83. The number of aliphatic hydroxyl groups is 1. The molecule has 0 radical (unpaired) electrons. The van der Waals surface area contributed by atoms with E-state index in [9.17, 15) is 9.50 Å². The Bertz CT molecular complexity index is 338. The maximum absolute atomic E-state index is 12.8. The number of hydrogen-bond donors (Lipinski definition) is 2.